The fourth-order valence-corrected chi connectivity index (χ4v) is 1.79. The monoisotopic (exact) mass is 262 g/mol. The lowest BCUT2D eigenvalue weighted by Crippen LogP contribution is -1.93. The highest BCUT2D eigenvalue weighted by molar-refractivity contribution is 5.39. The van der Waals surface area contributed by atoms with Gasteiger partial charge in [0, 0.05) is 6.07 Å². The average molecular weight is 262 g/mol. The van der Waals surface area contributed by atoms with E-state index in [4.69, 9.17) is 4.74 Å². The summed E-state index contributed by atoms with van der Waals surface area (Å²) in [6.07, 6.45) is 0. The summed E-state index contributed by atoms with van der Waals surface area (Å²) in [6.45, 7) is 5.89. The molecule has 0 aliphatic rings. The van der Waals surface area contributed by atoms with Crippen LogP contribution in [0.2, 0.25) is 0 Å². The molecule has 2 aromatic rings. The quantitative estimate of drug-likeness (QED) is 0.739. The average Bonchev–Trinajstić information content (AvgIpc) is 2.36. The first-order valence-electron chi connectivity index (χ1n) is 6.21. The van der Waals surface area contributed by atoms with Gasteiger partial charge < -0.3 is 4.74 Å². The molecule has 0 bridgehead atoms. The molecule has 100 valence electrons. The molecule has 2 rings (SSSR count). The molecule has 0 aromatic heterocycles. The highest BCUT2D eigenvalue weighted by atomic mass is 19.2. The van der Waals surface area contributed by atoms with Gasteiger partial charge >= 0.3 is 0 Å². The lowest BCUT2D eigenvalue weighted by molar-refractivity contribution is 0.457. The van der Waals surface area contributed by atoms with E-state index in [0.717, 1.165) is 12.1 Å². The lowest BCUT2D eigenvalue weighted by atomic mass is 10.0. The zero-order chi connectivity index (χ0) is 14.0. The van der Waals surface area contributed by atoms with E-state index in [9.17, 15) is 8.78 Å². The second-order valence-electron chi connectivity index (χ2n) is 4.86. The van der Waals surface area contributed by atoms with Crippen molar-refractivity contribution in [3.8, 4) is 11.5 Å². The van der Waals surface area contributed by atoms with Gasteiger partial charge in [0.15, 0.2) is 11.6 Å². The van der Waals surface area contributed by atoms with Gasteiger partial charge in [-0.2, -0.15) is 0 Å². The minimum Gasteiger partial charge on any atom is -0.457 e. The van der Waals surface area contributed by atoms with Crippen LogP contribution in [0.4, 0.5) is 8.78 Å². The molecule has 0 spiro atoms. The van der Waals surface area contributed by atoms with Gasteiger partial charge in [-0.1, -0.05) is 26.0 Å². The van der Waals surface area contributed by atoms with E-state index in [-0.39, 0.29) is 0 Å². The molecular formula is C16H16F2O. The Balaban J connectivity index is 2.24. The topological polar surface area (TPSA) is 9.23 Å². The normalized spacial score (nSPS) is 10.8. The maximum atomic E-state index is 13.2. The predicted molar refractivity (Wildman–Crippen MR) is 71.7 cm³/mol. The number of benzene rings is 2. The SMILES string of the molecule is Cc1cc(F)c(F)cc1Oc1ccc(C(C)C)cc1. The van der Waals surface area contributed by atoms with Crippen LogP contribution in [0.15, 0.2) is 36.4 Å². The molecule has 0 aliphatic carbocycles. The van der Waals surface area contributed by atoms with Crippen LogP contribution in [-0.2, 0) is 0 Å². The summed E-state index contributed by atoms with van der Waals surface area (Å²) in [5, 5.41) is 0. The molecule has 0 N–H and O–H groups in total. The van der Waals surface area contributed by atoms with E-state index >= 15 is 0 Å². The second kappa shape index (κ2) is 5.39. The molecule has 0 aliphatic heterocycles. The van der Waals surface area contributed by atoms with E-state index in [1.165, 1.54) is 5.56 Å². The van der Waals surface area contributed by atoms with Crippen molar-refractivity contribution >= 4 is 0 Å². The van der Waals surface area contributed by atoms with E-state index in [1.807, 2.05) is 24.3 Å². The summed E-state index contributed by atoms with van der Waals surface area (Å²) >= 11 is 0. The first-order chi connectivity index (χ1) is 8.97. The Morgan fingerprint density at radius 1 is 0.947 bits per heavy atom. The van der Waals surface area contributed by atoms with Crippen LogP contribution in [0, 0.1) is 18.6 Å². The zero-order valence-corrected chi connectivity index (χ0v) is 11.2. The molecule has 0 fully saturated rings. The second-order valence-corrected chi connectivity index (χ2v) is 4.86. The minimum absolute atomic E-state index is 0.330. The zero-order valence-electron chi connectivity index (χ0n) is 11.2. The van der Waals surface area contributed by atoms with E-state index < -0.39 is 11.6 Å². The van der Waals surface area contributed by atoms with Gasteiger partial charge in [0.2, 0.25) is 0 Å². The number of hydrogen-bond acceptors (Lipinski definition) is 1. The molecule has 19 heavy (non-hydrogen) atoms. The Morgan fingerprint density at radius 2 is 1.53 bits per heavy atom. The number of aryl methyl sites for hydroxylation is 1. The van der Waals surface area contributed by atoms with Crippen molar-refractivity contribution in [2.24, 2.45) is 0 Å². The summed E-state index contributed by atoms with van der Waals surface area (Å²) in [7, 11) is 0. The molecule has 0 atom stereocenters. The van der Waals surface area contributed by atoms with E-state index in [0.29, 0.717) is 23.0 Å². The van der Waals surface area contributed by atoms with Crippen LogP contribution >= 0.6 is 0 Å². The summed E-state index contributed by atoms with van der Waals surface area (Å²) in [6, 6.07) is 9.80. The van der Waals surface area contributed by atoms with Crippen LogP contribution in [0.1, 0.15) is 30.9 Å². The van der Waals surface area contributed by atoms with Crippen molar-refractivity contribution in [2.45, 2.75) is 26.7 Å². The third-order valence-electron chi connectivity index (χ3n) is 2.99. The van der Waals surface area contributed by atoms with Crippen molar-refractivity contribution in [3.63, 3.8) is 0 Å². The van der Waals surface area contributed by atoms with E-state index in [2.05, 4.69) is 13.8 Å². The molecule has 0 radical (unpaired) electrons. The first-order valence-corrected chi connectivity index (χ1v) is 6.21. The minimum atomic E-state index is -0.903. The molecule has 0 heterocycles. The molecular weight excluding hydrogens is 246 g/mol. The summed E-state index contributed by atoms with van der Waals surface area (Å²) in [5.41, 5.74) is 1.76. The van der Waals surface area contributed by atoms with Crippen LogP contribution in [-0.4, -0.2) is 0 Å². The van der Waals surface area contributed by atoms with Gasteiger partial charge in [-0.25, -0.2) is 8.78 Å². The van der Waals surface area contributed by atoms with Gasteiger partial charge in [-0.3, -0.25) is 0 Å². The van der Waals surface area contributed by atoms with E-state index in [1.54, 1.807) is 6.92 Å². The van der Waals surface area contributed by atoms with Gasteiger partial charge in [-0.05, 0) is 42.2 Å². The van der Waals surface area contributed by atoms with Gasteiger partial charge in [0.1, 0.15) is 11.5 Å². The lowest BCUT2D eigenvalue weighted by Gasteiger charge is -2.11. The highest BCUT2D eigenvalue weighted by Crippen LogP contribution is 2.28. The summed E-state index contributed by atoms with van der Waals surface area (Å²) in [5.74, 6) is -0.381. The third kappa shape index (κ3) is 3.11. The van der Waals surface area contributed by atoms with Crippen LogP contribution in [0.25, 0.3) is 0 Å². The Bertz CT molecular complexity index is 574. The fourth-order valence-electron chi connectivity index (χ4n) is 1.79. The summed E-state index contributed by atoms with van der Waals surface area (Å²) in [4.78, 5) is 0. The molecule has 0 unspecified atom stereocenters. The largest absolute Gasteiger partial charge is 0.457 e. The smallest absolute Gasteiger partial charge is 0.162 e. The fraction of sp³-hybridized carbons (Fsp3) is 0.250. The predicted octanol–water partition coefficient (Wildman–Crippen LogP) is 5.19. The highest BCUT2D eigenvalue weighted by Gasteiger charge is 2.09. The Morgan fingerprint density at radius 3 is 2.11 bits per heavy atom. The van der Waals surface area contributed by atoms with Crippen molar-refractivity contribution < 1.29 is 13.5 Å². The molecule has 0 saturated heterocycles. The van der Waals surface area contributed by atoms with Crippen molar-refractivity contribution in [3.05, 3.63) is 59.2 Å². The van der Waals surface area contributed by atoms with Gasteiger partial charge in [0.05, 0.1) is 0 Å². The number of hydrogen-bond donors (Lipinski definition) is 0. The van der Waals surface area contributed by atoms with Crippen molar-refractivity contribution in [1.82, 2.24) is 0 Å². The maximum absolute atomic E-state index is 13.2. The van der Waals surface area contributed by atoms with Crippen molar-refractivity contribution in [2.75, 3.05) is 0 Å². The Labute approximate surface area is 111 Å². The summed E-state index contributed by atoms with van der Waals surface area (Å²) < 4.78 is 31.8. The molecule has 0 amide bonds. The van der Waals surface area contributed by atoms with Gasteiger partial charge in [0.25, 0.3) is 0 Å². The first kappa shape index (κ1) is 13.5. The third-order valence-corrected chi connectivity index (χ3v) is 2.99. The van der Waals surface area contributed by atoms with Gasteiger partial charge in [-0.15, -0.1) is 0 Å². The Hall–Kier alpha value is -1.90. The molecule has 2 aromatic carbocycles. The molecule has 1 nitrogen and oxygen atoms in total. The van der Waals surface area contributed by atoms with Crippen molar-refractivity contribution in [1.29, 1.82) is 0 Å². The molecule has 3 heteroatoms. The van der Waals surface area contributed by atoms with Crippen LogP contribution < -0.4 is 4.74 Å². The number of ether oxygens (including phenoxy) is 1. The Kier molecular flexibility index (Phi) is 3.84. The van der Waals surface area contributed by atoms with Crippen LogP contribution in [0.5, 0.6) is 11.5 Å². The number of halogens is 2. The molecule has 0 saturated carbocycles. The standard InChI is InChI=1S/C16H16F2O/c1-10(2)12-4-6-13(7-5-12)19-16-9-15(18)14(17)8-11(16)3/h4-10H,1-3H3. The maximum Gasteiger partial charge on any atom is 0.162 e. The number of rotatable bonds is 3. The van der Waals surface area contributed by atoms with Crippen LogP contribution in [0.3, 0.4) is 0 Å².